The Morgan fingerprint density at radius 1 is 1.09 bits per heavy atom. The average molecular weight is 494 g/mol. The molecule has 35 heavy (non-hydrogen) atoms. The van der Waals surface area contributed by atoms with Crippen molar-refractivity contribution in [3.8, 4) is 11.1 Å². The van der Waals surface area contributed by atoms with Crippen LogP contribution in [0.1, 0.15) is 58.7 Å². The predicted octanol–water partition coefficient (Wildman–Crippen LogP) is 4.56. The summed E-state index contributed by atoms with van der Waals surface area (Å²) in [5, 5.41) is 16.5. The van der Waals surface area contributed by atoms with Crippen LogP contribution >= 0.6 is 11.3 Å². The van der Waals surface area contributed by atoms with Crippen LogP contribution in [0, 0.1) is 0 Å². The van der Waals surface area contributed by atoms with Gasteiger partial charge in [0, 0.05) is 23.8 Å². The minimum Gasteiger partial charge on any atom is -0.476 e. The smallest absolute Gasteiger partial charge is 0.407 e. The second-order valence-corrected chi connectivity index (χ2v) is 9.41. The van der Waals surface area contributed by atoms with Crippen LogP contribution in [-0.4, -0.2) is 40.7 Å². The second kappa shape index (κ2) is 11.1. The van der Waals surface area contributed by atoms with Gasteiger partial charge >= 0.3 is 12.1 Å². The molecular weight excluding hydrogens is 466 g/mol. The third-order valence-corrected chi connectivity index (χ3v) is 6.81. The number of hydrogen-bond acceptors (Lipinski definition) is 6. The zero-order valence-corrected chi connectivity index (χ0v) is 20.1. The fourth-order valence-corrected chi connectivity index (χ4v) is 4.94. The normalized spacial score (nSPS) is 12.9. The maximum Gasteiger partial charge on any atom is 0.407 e. The van der Waals surface area contributed by atoms with E-state index in [-0.39, 0.29) is 36.7 Å². The summed E-state index contributed by atoms with van der Waals surface area (Å²) < 4.78 is 5.57. The van der Waals surface area contributed by atoms with Crippen molar-refractivity contribution in [2.24, 2.45) is 0 Å². The summed E-state index contributed by atoms with van der Waals surface area (Å²) in [6.07, 6.45) is 1.04. The quantitative estimate of drug-likeness (QED) is 0.381. The Bertz CT molecular complexity index is 1180. The van der Waals surface area contributed by atoms with Crippen molar-refractivity contribution in [2.45, 2.75) is 44.7 Å². The van der Waals surface area contributed by atoms with Crippen LogP contribution in [0.5, 0.6) is 0 Å². The standard InChI is InChI=1S/C26H27N3O5S/c1-16(7-6-12-23(30)27-13-24-29-22(15-35-24)25(31)32)28-26(33)34-14-21-19-10-4-2-8-17(19)18-9-3-5-11-20(18)21/h2-5,8-11,15-16,21H,6-7,12-14H2,1H3,(H,27,30)(H,28,33)(H,31,32). The van der Waals surface area contributed by atoms with E-state index < -0.39 is 12.1 Å². The Morgan fingerprint density at radius 3 is 2.37 bits per heavy atom. The van der Waals surface area contributed by atoms with Gasteiger partial charge in [0.25, 0.3) is 0 Å². The summed E-state index contributed by atoms with van der Waals surface area (Å²) in [6, 6.07) is 16.2. The maximum atomic E-state index is 12.4. The Morgan fingerprint density at radius 2 is 1.74 bits per heavy atom. The number of amides is 2. The van der Waals surface area contributed by atoms with Gasteiger partial charge in [-0.25, -0.2) is 14.6 Å². The summed E-state index contributed by atoms with van der Waals surface area (Å²) in [4.78, 5) is 39.2. The van der Waals surface area contributed by atoms with E-state index in [0.29, 0.717) is 24.3 Å². The third kappa shape index (κ3) is 6.05. The molecule has 1 aliphatic carbocycles. The van der Waals surface area contributed by atoms with Crippen LogP contribution in [0.15, 0.2) is 53.9 Å². The van der Waals surface area contributed by atoms with Gasteiger partial charge < -0.3 is 20.5 Å². The van der Waals surface area contributed by atoms with E-state index in [1.807, 2.05) is 31.2 Å². The number of benzene rings is 2. The highest BCUT2D eigenvalue weighted by Gasteiger charge is 2.29. The number of carbonyl (C=O) groups excluding carboxylic acids is 2. The van der Waals surface area contributed by atoms with Gasteiger partial charge in [0.05, 0.1) is 6.54 Å². The molecule has 0 radical (unpaired) electrons. The Labute approximate surface area is 207 Å². The van der Waals surface area contributed by atoms with Gasteiger partial charge in [-0.1, -0.05) is 48.5 Å². The lowest BCUT2D eigenvalue weighted by Gasteiger charge is -2.17. The summed E-state index contributed by atoms with van der Waals surface area (Å²) in [7, 11) is 0. The van der Waals surface area contributed by atoms with Gasteiger partial charge in [0.1, 0.15) is 11.6 Å². The molecule has 0 aliphatic heterocycles. The molecule has 0 saturated heterocycles. The fourth-order valence-electron chi connectivity index (χ4n) is 4.24. The van der Waals surface area contributed by atoms with E-state index in [0.717, 1.165) is 11.1 Å². The molecule has 1 aromatic heterocycles. The monoisotopic (exact) mass is 493 g/mol. The van der Waals surface area contributed by atoms with Crippen molar-refractivity contribution >= 4 is 29.3 Å². The fraction of sp³-hybridized carbons (Fsp3) is 0.308. The number of carbonyl (C=O) groups is 3. The lowest BCUT2D eigenvalue weighted by atomic mass is 9.98. The molecule has 0 saturated carbocycles. The number of nitrogens with one attached hydrogen (secondary N) is 2. The van der Waals surface area contributed by atoms with Crippen molar-refractivity contribution in [1.82, 2.24) is 15.6 Å². The van der Waals surface area contributed by atoms with Gasteiger partial charge in [0.2, 0.25) is 5.91 Å². The molecule has 3 aromatic rings. The molecule has 4 rings (SSSR count). The number of hydrogen-bond donors (Lipinski definition) is 3. The van der Waals surface area contributed by atoms with Crippen molar-refractivity contribution in [1.29, 1.82) is 0 Å². The van der Waals surface area contributed by atoms with Crippen LogP contribution in [0.25, 0.3) is 11.1 Å². The number of fused-ring (bicyclic) bond motifs is 3. The molecule has 1 aliphatic rings. The molecule has 3 N–H and O–H groups in total. The molecule has 182 valence electrons. The molecule has 2 amide bonds. The average Bonchev–Trinajstić information content (AvgIpc) is 3.45. The summed E-state index contributed by atoms with van der Waals surface area (Å²) in [5.41, 5.74) is 4.67. The maximum absolute atomic E-state index is 12.4. The van der Waals surface area contributed by atoms with Gasteiger partial charge in [-0.2, -0.15) is 0 Å². The van der Waals surface area contributed by atoms with E-state index in [1.54, 1.807) is 0 Å². The van der Waals surface area contributed by atoms with E-state index in [4.69, 9.17) is 9.84 Å². The number of thiazole rings is 1. The van der Waals surface area contributed by atoms with Crippen molar-refractivity contribution in [2.75, 3.05) is 6.61 Å². The zero-order valence-electron chi connectivity index (χ0n) is 19.3. The third-order valence-electron chi connectivity index (χ3n) is 5.96. The highest BCUT2D eigenvalue weighted by atomic mass is 32.1. The van der Waals surface area contributed by atoms with Gasteiger partial charge in [0.15, 0.2) is 5.69 Å². The molecular formula is C26H27N3O5S. The molecule has 0 bridgehead atoms. The largest absolute Gasteiger partial charge is 0.476 e. The van der Waals surface area contributed by atoms with Crippen LogP contribution < -0.4 is 10.6 Å². The first-order chi connectivity index (χ1) is 16.9. The minimum absolute atomic E-state index is 0.0107. The first-order valence-electron chi connectivity index (χ1n) is 11.5. The van der Waals surface area contributed by atoms with Crippen molar-refractivity contribution in [3.05, 3.63) is 75.7 Å². The van der Waals surface area contributed by atoms with E-state index in [1.165, 1.54) is 27.8 Å². The zero-order chi connectivity index (χ0) is 24.8. The molecule has 0 fully saturated rings. The minimum atomic E-state index is -1.09. The van der Waals surface area contributed by atoms with E-state index in [2.05, 4.69) is 39.9 Å². The Balaban J connectivity index is 1.17. The summed E-state index contributed by atoms with van der Waals surface area (Å²) >= 11 is 1.19. The van der Waals surface area contributed by atoms with Gasteiger partial charge in [-0.05, 0) is 42.0 Å². The van der Waals surface area contributed by atoms with Gasteiger partial charge in [-0.15, -0.1) is 11.3 Å². The Kier molecular flexibility index (Phi) is 7.77. The topological polar surface area (TPSA) is 118 Å². The number of aromatic carboxylic acids is 1. The molecule has 2 aromatic carbocycles. The number of aromatic nitrogens is 1. The Hall–Kier alpha value is -3.72. The molecule has 1 heterocycles. The molecule has 9 heteroatoms. The molecule has 0 spiro atoms. The number of carboxylic acids is 1. The number of nitrogens with zero attached hydrogens (tertiary/aromatic N) is 1. The highest BCUT2D eigenvalue weighted by molar-refractivity contribution is 7.09. The van der Waals surface area contributed by atoms with Crippen LogP contribution in [0.4, 0.5) is 4.79 Å². The summed E-state index contributed by atoms with van der Waals surface area (Å²) in [6.45, 7) is 2.34. The van der Waals surface area contributed by atoms with E-state index >= 15 is 0 Å². The lowest BCUT2D eigenvalue weighted by molar-refractivity contribution is -0.121. The van der Waals surface area contributed by atoms with Crippen LogP contribution in [0.3, 0.4) is 0 Å². The number of alkyl carbamates (subject to hydrolysis) is 1. The first-order valence-corrected chi connectivity index (χ1v) is 12.4. The SMILES string of the molecule is CC(CCCC(=O)NCc1nc(C(=O)O)cs1)NC(=O)OCC1c2ccccc2-c2ccccc21. The second-order valence-electron chi connectivity index (χ2n) is 8.47. The number of carboxylic acid groups (broad SMARTS) is 1. The van der Waals surface area contributed by atoms with Crippen molar-refractivity contribution in [3.63, 3.8) is 0 Å². The van der Waals surface area contributed by atoms with Crippen molar-refractivity contribution < 1.29 is 24.2 Å². The van der Waals surface area contributed by atoms with Crippen LogP contribution in [-0.2, 0) is 16.1 Å². The highest BCUT2D eigenvalue weighted by Crippen LogP contribution is 2.44. The molecule has 8 nitrogen and oxygen atoms in total. The predicted molar refractivity (Wildman–Crippen MR) is 132 cm³/mol. The first kappa shape index (κ1) is 24.4. The van der Waals surface area contributed by atoms with Gasteiger partial charge in [-0.3, -0.25) is 4.79 Å². The molecule has 1 unspecified atom stereocenters. The lowest BCUT2D eigenvalue weighted by Crippen LogP contribution is -2.34. The molecule has 1 atom stereocenters. The van der Waals surface area contributed by atoms with Crippen LogP contribution in [0.2, 0.25) is 0 Å². The van der Waals surface area contributed by atoms with E-state index in [9.17, 15) is 14.4 Å². The number of rotatable bonds is 10. The summed E-state index contributed by atoms with van der Waals surface area (Å²) in [5.74, 6) is -1.22. The number of ether oxygens (including phenoxy) is 1.